The molecule has 0 spiro atoms. The van der Waals surface area contributed by atoms with Gasteiger partial charge in [-0.3, -0.25) is 9.13 Å². The van der Waals surface area contributed by atoms with Gasteiger partial charge in [0.15, 0.2) is 0 Å². The average molecular weight is 294 g/mol. The molecule has 3 aromatic rings. The molecule has 2 aromatic carbocycles. The Bertz CT molecular complexity index is 786. The fourth-order valence-electron chi connectivity index (χ4n) is 2.40. The van der Waals surface area contributed by atoms with Crippen molar-refractivity contribution in [3.8, 4) is 5.75 Å². The summed E-state index contributed by atoms with van der Waals surface area (Å²) in [6.07, 6.45) is 3.66. The SMILES string of the molecule is COc1ccc(Cn2ccn(Cc3ccccc3)c2=O)cc1. The molecule has 22 heavy (non-hydrogen) atoms. The van der Waals surface area contributed by atoms with E-state index in [1.165, 1.54) is 0 Å². The molecule has 0 amide bonds. The third kappa shape index (κ3) is 3.11. The van der Waals surface area contributed by atoms with Crippen LogP contribution in [0.25, 0.3) is 0 Å². The van der Waals surface area contributed by atoms with Crippen molar-refractivity contribution in [2.24, 2.45) is 0 Å². The fraction of sp³-hybridized carbons (Fsp3) is 0.167. The first-order chi connectivity index (χ1) is 10.8. The Kier molecular flexibility index (Phi) is 4.10. The van der Waals surface area contributed by atoms with Crippen molar-refractivity contribution in [3.05, 3.63) is 88.6 Å². The molecular formula is C18H18N2O2. The van der Waals surface area contributed by atoms with E-state index in [0.29, 0.717) is 13.1 Å². The average Bonchev–Trinajstić information content (AvgIpc) is 2.90. The summed E-state index contributed by atoms with van der Waals surface area (Å²) in [5.74, 6) is 0.817. The van der Waals surface area contributed by atoms with Crippen molar-refractivity contribution in [1.29, 1.82) is 0 Å². The summed E-state index contributed by atoms with van der Waals surface area (Å²) in [7, 11) is 1.64. The zero-order valence-electron chi connectivity index (χ0n) is 12.5. The number of hydrogen-bond donors (Lipinski definition) is 0. The van der Waals surface area contributed by atoms with Crippen LogP contribution in [0, 0.1) is 0 Å². The maximum Gasteiger partial charge on any atom is 0.328 e. The van der Waals surface area contributed by atoms with E-state index in [4.69, 9.17) is 4.74 Å². The Balaban J connectivity index is 1.76. The second-order valence-electron chi connectivity index (χ2n) is 5.17. The monoisotopic (exact) mass is 294 g/mol. The Hall–Kier alpha value is -2.75. The standard InChI is InChI=1S/C18H18N2O2/c1-22-17-9-7-16(8-10-17)14-20-12-11-19(18(20)21)13-15-5-3-2-4-6-15/h2-12H,13-14H2,1H3. The number of hydrogen-bond acceptors (Lipinski definition) is 2. The molecule has 0 atom stereocenters. The third-order valence-electron chi connectivity index (χ3n) is 3.63. The van der Waals surface area contributed by atoms with Crippen LogP contribution in [0.3, 0.4) is 0 Å². The number of nitrogens with zero attached hydrogens (tertiary/aromatic N) is 2. The maximum atomic E-state index is 12.4. The van der Waals surface area contributed by atoms with Crippen LogP contribution in [0.1, 0.15) is 11.1 Å². The van der Waals surface area contributed by atoms with Crippen molar-refractivity contribution >= 4 is 0 Å². The lowest BCUT2D eigenvalue weighted by molar-refractivity contribution is 0.414. The molecule has 0 unspecified atom stereocenters. The van der Waals surface area contributed by atoms with Gasteiger partial charge < -0.3 is 4.74 Å². The van der Waals surface area contributed by atoms with Crippen molar-refractivity contribution in [2.45, 2.75) is 13.1 Å². The van der Waals surface area contributed by atoms with Crippen LogP contribution in [-0.2, 0) is 13.1 Å². The first-order valence-corrected chi connectivity index (χ1v) is 7.19. The topological polar surface area (TPSA) is 36.2 Å². The predicted octanol–water partition coefficient (Wildman–Crippen LogP) is 2.76. The van der Waals surface area contributed by atoms with E-state index in [2.05, 4.69) is 0 Å². The highest BCUT2D eigenvalue weighted by molar-refractivity contribution is 5.27. The summed E-state index contributed by atoms with van der Waals surface area (Å²) in [4.78, 5) is 12.4. The van der Waals surface area contributed by atoms with Crippen molar-refractivity contribution in [2.75, 3.05) is 7.11 Å². The van der Waals surface area contributed by atoms with Crippen LogP contribution < -0.4 is 10.4 Å². The lowest BCUT2D eigenvalue weighted by Crippen LogP contribution is -2.24. The van der Waals surface area contributed by atoms with Crippen molar-refractivity contribution in [3.63, 3.8) is 0 Å². The molecule has 0 aliphatic heterocycles. The molecule has 0 fully saturated rings. The second kappa shape index (κ2) is 6.35. The van der Waals surface area contributed by atoms with Crippen LogP contribution in [-0.4, -0.2) is 16.2 Å². The van der Waals surface area contributed by atoms with Gasteiger partial charge >= 0.3 is 5.69 Å². The molecule has 0 N–H and O–H groups in total. The van der Waals surface area contributed by atoms with E-state index in [9.17, 15) is 4.79 Å². The van der Waals surface area contributed by atoms with Gasteiger partial charge in [0.05, 0.1) is 20.2 Å². The molecule has 0 aliphatic rings. The molecule has 0 aliphatic carbocycles. The van der Waals surface area contributed by atoms with Gasteiger partial charge in [0.2, 0.25) is 0 Å². The van der Waals surface area contributed by atoms with Crippen LogP contribution in [0.2, 0.25) is 0 Å². The molecule has 1 aromatic heterocycles. The molecule has 0 saturated carbocycles. The van der Waals surface area contributed by atoms with Gasteiger partial charge in [0, 0.05) is 12.4 Å². The molecule has 1 heterocycles. The zero-order valence-corrected chi connectivity index (χ0v) is 12.5. The quantitative estimate of drug-likeness (QED) is 0.725. The normalized spacial score (nSPS) is 10.6. The molecule has 0 radical (unpaired) electrons. The van der Waals surface area contributed by atoms with Gasteiger partial charge in [-0.25, -0.2) is 4.79 Å². The lowest BCUT2D eigenvalue weighted by Gasteiger charge is -2.04. The molecule has 4 heteroatoms. The van der Waals surface area contributed by atoms with E-state index in [1.54, 1.807) is 16.2 Å². The minimum absolute atomic E-state index is 0.000305. The maximum absolute atomic E-state index is 12.4. The molecule has 0 saturated heterocycles. The van der Waals surface area contributed by atoms with Gasteiger partial charge in [-0.05, 0) is 23.3 Å². The van der Waals surface area contributed by atoms with Gasteiger partial charge in [0.25, 0.3) is 0 Å². The van der Waals surface area contributed by atoms with E-state index in [1.807, 2.05) is 67.0 Å². The minimum Gasteiger partial charge on any atom is -0.497 e. The molecule has 4 nitrogen and oxygen atoms in total. The number of benzene rings is 2. The summed E-state index contributed by atoms with van der Waals surface area (Å²) in [6, 6.07) is 17.7. The number of ether oxygens (including phenoxy) is 1. The highest BCUT2D eigenvalue weighted by Crippen LogP contribution is 2.12. The van der Waals surface area contributed by atoms with Crippen LogP contribution in [0.4, 0.5) is 0 Å². The van der Waals surface area contributed by atoms with Crippen LogP contribution in [0.5, 0.6) is 5.75 Å². The highest BCUT2D eigenvalue weighted by atomic mass is 16.5. The Labute approximate surface area is 129 Å². The Morgan fingerprint density at radius 2 is 1.36 bits per heavy atom. The summed E-state index contributed by atoms with van der Waals surface area (Å²) in [5.41, 5.74) is 2.19. The number of methoxy groups -OCH3 is 1. The van der Waals surface area contributed by atoms with E-state index in [0.717, 1.165) is 16.9 Å². The Morgan fingerprint density at radius 3 is 1.91 bits per heavy atom. The van der Waals surface area contributed by atoms with E-state index < -0.39 is 0 Å². The molecule has 112 valence electrons. The summed E-state index contributed by atoms with van der Waals surface area (Å²) in [6.45, 7) is 1.15. The molecule has 0 bridgehead atoms. The first kappa shape index (κ1) is 14.2. The smallest absolute Gasteiger partial charge is 0.328 e. The molecular weight excluding hydrogens is 276 g/mol. The van der Waals surface area contributed by atoms with Crippen LogP contribution in [0.15, 0.2) is 71.8 Å². The van der Waals surface area contributed by atoms with E-state index in [-0.39, 0.29) is 5.69 Å². The van der Waals surface area contributed by atoms with Gasteiger partial charge in [-0.2, -0.15) is 0 Å². The number of rotatable bonds is 5. The fourth-order valence-corrected chi connectivity index (χ4v) is 2.40. The summed E-state index contributed by atoms with van der Waals surface area (Å²) >= 11 is 0. The summed E-state index contributed by atoms with van der Waals surface area (Å²) < 4.78 is 8.58. The third-order valence-corrected chi connectivity index (χ3v) is 3.63. The minimum atomic E-state index is -0.000305. The van der Waals surface area contributed by atoms with Crippen molar-refractivity contribution in [1.82, 2.24) is 9.13 Å². The second-order valence-corrected chi connectivity index (χ2v) is 5.17. The van der Waals surface area contributed by atoms with Gasteiger partial charge in [-0.15, -0.1) is 0 Å². The Morgan fingerprint density at radius 1 is 0.818 bits per heavy atom. The van der Waals surface area contributed by atoms with Gasteiger partial charge in [-0.1, -0.05) is 42.5 Å². The number of aromatic nitrogens is 2. The van der Waals surface area contributed by atoms with Crippen molar-refractivity contribution < 1.29 is 4.74 Å². The summed E-state index contributed by atoms with van der Waals surface area (Å²) in [5, 5.41) is 0. The lowest BCUT2D eigenvalue weighted by atomic mass is 10.2. The van der Waals surface area contributed by atoms with E-state index >= 15 is 0 Å². The van der Waals surface area contributed by atoms with Gasteiger partial charge in [0.1, 0.15) is 5.75 Å². The number of imidazole rings is 1. The molecule has 3 rings (SSSR count). The zero-order chi connectivity index (χ0) is 15.4. The van der Waals surface area contributed by atoms with Crippen LogP contribution >= 0.6 is 0 Å². The largest absolute Gasteiger partial charge is 0.497 e. The highest BCUT2D eigenvalue weighted by Gasteiger charge is 2.05. The first-order valence-electron chi connectivity index (χ1n) is 7.19. The predicted molar refractivity (Wildman–Crippen MR) is 86.3 cm³/mol.